The fraction of sp³-hybridized carbons (Fsp3) is 0.562. The number of aryl methyl sites for hydroxylation is 2. The van der Waals surface area contributed by atoms with Gasteiger partial charge < -0.3 is 5.11 Å². The lowest BCUT2D eigenvalue weighted by atomic mass is 9.99. The summed E-state index contributed by atoms with van der Waals surface area (Å²) >= 11 is 0. The SMILES string of the molecule is Cc1ccc(C2CCCN2CCCC(=O)O)cc1C.Cl. The zero-order valence-corrected chi connectivity index (χ0v) is 13.1. The van der Waals surface area contributed by atoms with Gasteiger partial charge in [0.15, 0.2) is 0 Å². The Balaban J connectivity index is 0.00000200. The average Bonchev–Trinajstić information content (AvgIpc) is 2.80. The maximum absolute atomic E-state index is 10.6. The molecule has 3 nitrogen and oxygen atoms in total. The predicted octanol–water partition coefficient (Wildman–Crippen LogP) is 3.73. The monoisotopic (exact) mass is 297 g/mol. The van der Waals surface area contributed by atoms with E-state index in [4.69, 9.17) is 5.11 Å². The Morgan fingerprint density at radius 1 is 1.35 bits per heavy atom. The van der Waals surface area contributed by atoms with Crippen LogP contribution in [0.3, 0.4) is 0 Å². The first-order valence-corrected chi connectivity index (χ1v) is 7.11. The molecule has 1 aromatic rings. The lowest BCUT2D eigenvalue weighted by molar-refractivity contribution is -0.137. The first-order chi connectivity index (χ1) is 9.08. The standard InChI is InChI=1S/C16H23NO2.ClH/c1-12-7-8-14(11-13(12)2)15-5-3-9-17(15)10-4-6-16(18)19;/h7-8,11,15H,3-6,9-10H2,1-2H3,(H,18,19);1H. The molecule has 1 heterocycles. The number of nitrogens with zero attached hydrogens (tertiary/aromatic N) is 1. The number of rotatable bonds is 5. The van der Waals surface area contributed by atoms with E-state index in [2.05, 4.69) is 36.9 Å². The van der Waals surface area contributed by atoms with Crippen molar-refractivity contribution in [3.05, 3.63) is 34.9 Å². The summed E-state index contributed by atoms with van der Waals surface area (Å²) in [5.74, 6) is -0.693. The summed E-state index contributed by atoms with van der Waals surface area (Å²) in [7, 11) is 0. The maximum atomic E-state index is 10.6. The Kier molecular flexibility index (Phi) is 6.50. The highest BCUT2D eigenvalue weighted by atomic mass is 35.5. The van der Waals surface area contributed by atoms with Crippen LogP contribution in [-0.2, 0) is 4.79 Å². The van der Waals surface area contributed by atoms with Gasteiger partial charge in [-0.2, -0.15) is 0 Å². The fourth-order valence-corrected chi connectivity index (χ4v) is 2.88. The number of carbonyl (C=O) groups is 1. The molecule has 1 unspecified atom stereocenters. The molecule has 1 fully saturated rings. The van der Waals surface area contributed by atoms with Crippen LogP contribution in [0.5, 0.6) is 0 Å². The van der Waals surface area contributed by atoms with Crippen molar-refractivity contribution in [3.63, 3.8) is 0 Å². The van der Waals surface area contributed by atoms with Crippen LogP contribution in [-0.4, -0.2) is 29.1 Å². The largest absolute Gasteiger partial charge is 0.481 e. The van der Waals surface area contributed by atoms with Crippen LogP contribution in [0.4, 0.5) is 0 Å². The second-order valence-electron chi connectivity index (χ2n) is 5.53. The summed E-state index contributed by atoms with van der Waals surface area (Å²) in [5, 5.41) is 8.72. The first kappa shape index (κ1) is 17.0. The predicted molar refractivity (Wildman–Crippen MR) is 83.6 cm³/mol. The van der Waals surface area contributed by atoms with Crippen LogP contribution in [0.25, 0.3) is 0 Å². The molecule has 1 aliphatic rings. The van der Waals surface area contributed by atoms with Gasteiger partial charge in [0, 0.05) is 12.5 Å². The van der Waals surface area contributed by atoms with Crippen molar-refractivity contribution in [1.29, 1.82) is 0 Å². The number of hydrogen-bond donors (Lipinski definition) is 1. The number of hydrogen-bond acceptors (Lipinski definition) is 2. The number of benzene rings is 1. The minimum atomic E-state index is -0.693. The van der Waals surface area contributed by atoms with E-state index in [0.717, 1.165) is 19.5 Å². The summed E-state index contributed by atoms with van der Waals surface area (Å²) in [6.07, 6.45) is 3.42. The van der Waals surface area contributed by atoms with Crippen molar-refractivity contribution in [1.82, 2.24) is 4.90 Å². The van der Waals surface area contributed by atoms with Gasteiger partial charge >= 0.3 is 5.97 Å². The minimum Gasteiger partial charge on any atom is -0.481 e. The third kappa shape index (κ3) is 4.22. The number of carboxylic acid groups (broad SMARTS) is 1. The topological polar surface area (TPSA) is 40.5 Å². The smallest absolute Gasteiger partial charge is 0.303 e. The summed E-state index contributed by atoms with van der Waals surface area (Å²) in [6.45, 7) is 6.28. The van der Waals surface area contributed by atoms with Gasteiger partial charge in [-0.25, -0.2) is 0 Å². The lowest BCUT2D eigenvalue weighted by Crippen LogP contribution is -2.25. The second-order valence-corrected chi connectivity index (χ2v) is 5.53. The van der Waals surface area contributed by atoms with Crippen LogP contribution >= 0.6 is 12.4 Å². The van der Waals surface area contributed by atoms with Gasteiger partial charge in [0.2, 0.25) is 0 Å². The minimum absolute atomic E-state index is 0. The molecule has 0 radical (unpaired) electrons. The van der Waals surface area contributed by atoms with Gasteiger partial charge in [-0.1, -0.05) is 18.2 Å². The van der Waals surface area contributed by atoms with Crippen LogP contribution in [0, 0.1) is 13.8 Å². The highest BCUT2D eigenvalue weighted by Gasteiger charge is 2.25. The molecule has 0 saturated carbocycles. The molecule has 20 heavy (non-hydrogen) atoms. The molecule has 1 N–H and O–H groups in total. The maximum Gasteiger partial charge on any atom is 0.303 e. The van der Waals surface area contributed by atoms with Gasteiger partial charge in [-0.3, -0.25) is 9.69 Å². The highest BCUT2D eigenvalue weighted by molar-refractivity contribution is 5.85. The Hall–Kier alpha value is -1.06. The van der Waals surface area contributed by atoms with Crippen molar-refractivity contribution in [2.24, 2.45) is 0 Å². The van der Waals surface area contributed by atoms with E-state index in [9.17, 15) is 4.79 Å². The van der Waals surface area contributed by atoms with Gasteiger partial charge in [0.05, 0.1) is 0 Å². The summed E-state index contributed by atoms with van der Waals surface area (Å²) in [5.41, 5.74) is 4.06. The van der Waals surface area contributed by atoms with E-state index in [0.29, 0.717) is 6.04 Å². The third-order valence-electron chi connectivity index (χ3n) is 4.12. The Bertz CT molecular complexity index is 462. The Morgan fingerprint density at radius 3 is 2.75 bits per heavy atom. The van der Waals surface area contributed by atoms with Gasteiger partial charge in [0.1, 0.15) is 0 Å². The molecule has 1 saturated heterocycles. The van der Waals surface area contributed by atoms with E-state index in [-0.39, 0.29) is 18.8 Å². The molecule has 1 atom stereocenters. The molecule has 4 heteroatoms. The zero-order chi connectivity index (χ0) is 13.8. The quantitative estimate of drug-likeness (QED) is 0.900. The van der Waals surface area contributed by atoms with E-state index in [1.54, 1.807) is 0 Å². The normalized spacial score (nSPS) is 18.8. The van der Waals surface area contributed by atoms with Gasteiger partial charge in [0.25, 0.3) is 0 Å². The van der Waals surface area contributed by atoms with E-state index >= 15 is 0 Å². The number of likely N-dealkylation sites (tertiary alicyclic amines) is 1. The van der Waals surface area contributed by atoms with Crippen LogP contribution in [0.2, 0.25) is 0 Å². The van der Waals surface area contributed by atoms with Crippen molar-refractivity contribution < 1.29 is 9.90 Å². The number of aliphatic carboxylic acids is 1. The van der Waals surface area contributed by atoms with Crippen molar-refractivity contribution in [2.75, 3.05) is 13.1 Å². The summed E-state index contributed by atoms with van der Waals surface area (Å²) in [4.78, 5) is 13.0. The molecule has 1 aliphatic heterocycles. The zero-order valence-electron chi connectivity index (χ0n) is 12.3. The number of halogens is 1. The van der Waals surface area contributed by atoms with Gasteiger partial charge in [-0.05, 0) is 62.9 Å². The molecule has 0 amide bonds. The highest BCUT2D eigenvalue weighted by Crippen LogP contribution is 2.32. The molecule has 2 rings (SSSR count). The fourth-order valence-electron chi connectivity index (χ4n) is 2.88. The third-order valence-corrected chi connectivity index (χ3v) is 4.12. The lowest BCUT2D eigenvalue weighted by Gasteiger charge is -2.25. The summed E-state index contributed by atoms with van der Waals surface area (Å²) in [6, 6.07) is 7.18. The van der Waals surface area contributed by atoms with Gasteiger partial charge in [-0.15, -0.1) is 12.4 Å². The van der Waals surface area contributed by atoms with E-state index < -0.39 is 5.97 Å². The molecule has 0 bridgehead atoms. The van der Waals surface area contributed by atoms with Crippen molar-refractivity contribution >= 4 is 18.4 Å². The molecule has 1 aromatic carbocycles. The van der Waals surface area contributed by atoms with Crippen LogP contribution < -0.4 is 0 Å². The Morgan fingerprint density at radius 2 is 2.10 bits per heavy atom. The van der Waals surface area contributed by atoms with Crippen molar-refractivity contribution in [3.8, 4) is 0 Å². The molecular weight excluding hydrogens is 274 g/mol. The summed E-state index contributed by atoms with van der Waals surface area (Å²) < 4.78 is 0. The number of carboxylic acids is 1. The first-order valence-electron chi connectivity index (χ1n) is 7.11. The van der Waals surface area contributed by atoms with E-state index in [1.807, 2.05) is 0 Å². The molecular formula is C16H24ClNO2. The molecule has 0 spiro atoms. The van der Waals surface area contributed by atoms with Crippen LogP contribution in [0.1, 0.15) is 48.4 Å². The Labute approximate surface area is 127 Å². The van der Waals surface area contributed by atoms with E-state index in [1.165, 1.54) is 29.5 Å². The van der Waals surface area contributed by atoms with Crippen molar-refractivity contribution in [2.45, 2.75) is 45.6 Å². The molecule has 112 valence electrons. The average molecular weight is 298 g/mol. The van der Waals surface area contributed by atoms with Crippen LogP contribution in [0.15, 0.2) is 18.2 Å². The second kappa shape index (κ2) is 7.65. The molecule has 0 aliphatic carbocycles. The molecule has 0 aromatic heterocycles.